The number of aliphatic carboxylic acids is 1. The van der Waals surface area contributed by atoms with E-state index in [4.69, 9.17) is 27.9 Å². The fourth-order valence-corrected chi connectivity index (χ4v) is 1.29. The summed E-state index contributed by atoms with van der Waals surface area (Å²) in [6.07, 6.45) is 0. The fourth-order valence-electron chi connectivity index (χ4n) is 0.953. The van der Waals surface area contributed by atoms with Gasteiger partial charge in [0.2, 0.25) is 0 Å². The average molecular weight is 277 g/mol. The van der Waals surface area contributed by atoms with Crippen LogP contribution in [0.4, 0.5) is 0 Å². The maximum atomic E-state index is 11.1. The van der Waals surface area contributed by atoms with Crippen molar-refractivity contribution in [3.8, 4) is 5.75 Å². The molecular formula is C10H8Cl2NO4-. The lowest BCUT2D eigenvalue weighted by atomic mass is 10.3. The first-order chi connectivity index (χ1) is 7.99. The standard InChI is InChI=1S/C10H9Cl2NO4/c11-6-1-2-7(12)8(3-6)17-5-9(14)13-4-10(15)16/h1-3H,4-5H2,(H,13,14)(H,15,16)/p-1. The Labute approximate surface area is 107 Å². The number of nitrogens with one attached hydrogen (secondary N) is 1. The Morgan fingerprint density at radius 3 is 2.71 bits per heavy atom. The van der Waals surface area contributed by atoms with Gasteiger partial charge in [0.05, 0.1) is 17.5 Å². The van der Waals surface area contributed by atoms with Crippen LogP contribution in [0.3, 0.4) is 0 Å². The van der Waals surface area contributed by atoms with E-state index in [1.54, 1.807) is 6.07 Å². The Morgan fingerprint density at radius 1 is 1.35 bits per heavy atom. The summed E-state index contributed by atoms with van der Waals surface area (Å²) < 4.78 is 5.07. The number of rotatable bonds is 5. The van der Waals surface area contributed by atoms with Crippen LogP contribution in [0.15, 0.2) is 18.2 Å². The Kier molecular flexibility index (Phi) is 5.06. The maximum Gasteiger partial charge on any atom is 0.258 e. The highest BCUT2D eigenvalue weighted by Gasteiger charge is 2.06. The number of carboxylic acid groups (broad SMARTS) is 1. The van der Waals surface area contributed by atoms with Crippen LogP contribution in [0.5, 0.6) is 5.75 Å². The topological polar surface area (TPSA) is 78.5 Å². The Morgan fingerprint density at radius 2 is 2.06 bits per heavy atom. The highest BCUT2D eigenvalue weighted by Crippen LogP contribution is 2.27. The van der Waals surface area contributed by atoms with Crippen LogP contribution in [-0.4, -0.2) is 25.0 Å². The Bertz CT molecular complexity index is 436. The lowest BCUT2D eigenvalue weighted by molar-refractivity contribution is -0.304. The fraction of sp³-hybridized carbons (Fsp3) is 0.200. The van der Waals surface area contributed by atoms with Gasteiger partial charge in [-0.25, -0.2) is 0 Å². The van der Waals surface area contributed by atoms with Crippen molar-refractivity contribution >= 4 is 35.1 Å². The molecule has 1 rings (SSSR count). The first-order valence-corrected chi connectivity index (χ1v) is 5.29. The van der Waals surface area contributed by atoms with E-state index in [2.05, 4.69) is 5.32 Å². The molecule has 0 bridgehead atoms. The lowest BCUT2D eigenvalue weighted by Crippen LogP contribution is -2.39. The zero-order valence-corrected chi connectivity index (χ0v) is 10.0. The van der Waals surface area contributed by atoms with Crippen molar-refractivity contribution < 1.29 is 19.4 Å². The SMILES string of the molecule is O=C([O-])CNC(=O)COc1cc(Cl)ccc1Cl. The van der Waals surface area contributed by atoms with Gasteiger partial charge in [0.1, 0.15) is 5.75 Å². The predicted molar refractivity (Wildman–Crippen MR) is 60.0 cm³/mol. The molecule has 0 fully saturated rings. The van der Waals surface area contributed by atoms with Crippen molar-refractivity contribution in [3.63, 3.8) is 0 Å². The molecule has 0 aliphatic heterocycles. The van der Waals surface area contributed by atoms with E-state index in [1.165, 1.54) is 12.1 Å². The molecule has 0 saturated carbocycles. The minimum absolute atomic E-state index is 0.253. The van der Waals surface area contributed by atoms with E-state index in [0.717, 1.165) is 0 Å². The Balaban J connectivity index is 2.47. The number of carbonyl (C=O) groups excluding carboxylic acids is 2. The first-order valence-electron chi connectivity index (χ1n) is 4.53. The first kappa shape index (κ1) is 13.6. The molecule has 0 radical (unpaired) electrons. The van der Waals surface area contributed by atoms with Crippen molar-refractivity contribution in [1.29, 1.82) is 0 Å². The summed E-state index contributed by atoms with van der Waals surface area (Å²) in [5.74, 6) is -1.72. The van der Waals surface area contributed by atoms with Gasteiger partial charge in [0.15, 0.2) is 6.61 Å². The van der Waals surface area contributed by atoms with Gasteiger partial charge >= 0.3 is 0 Å². The van der Waals surface area contributed by atoms with Crippen molar-refractivity contribution in [2.75, 3.05) is 13.2 Å². The van der Waals surface area contributed by atoms with Gasteiger partial charge < -0.3 is 20.0 Å². The number of hydrogen-bond donors (Lipinski definition) is 1. The molecule has 17 heavy (non-hydrogen) atoms. The molecular weight excluding hydrogens is 269 g/mol. The number of carbonyl (C=O) groups is 2. The van der Waals surface area contributed by atoms with Crippen LogP contribution >= 0.6 is 23.2 Å². The van der Waals surface area contributed by atoms with Crippen LogP contribution in [0.1, 0.15) is 0 Å². The van der Waals surface area contributed by atoms with Crippen molar-refractivity contribution in [3.05, 3.63) is 28.2 Å². The number of amides is 1. The minimum atomic E-state index is -1.38. The quantitative estimate of drug-likeness (QED) is 0.836. The highest BCUT2D eigenvalue weighted by molar-refractivity contribution is 6.34. The summed E-state index contributed by atoms with van der Waals surface area (Å²) in [5, 5.41) is 12.9. The molecule has 0 saturated heterocycles. The van der Waals surface area contributed by atoms with Crippen LogP contribution in [0.25, 0.3) is 0 Å². The molecule has 0 unspecified atom stereocenters. The molecule has 0 aromatic heterocycles. The van der Waals surface area contributed by atoms with E-state index in [1.807, 2.05) is 0 Å². The van der Waals surface area contributed by atoms with Crippen LogP contribution in [-0.2, 0) is 9.59 Å². The Hall–Kier alpha value is -1.46. The second-order valence-electron chi connectivity index (χ2n) is 3.01. The van der Waals surface area contributed by atoms with Crippen LogP contribution in [0.2, 0.25) is 10.0 Å². The van der Waals surface area contributed by atoms with E-state index < -0.39 is 18.4 Å². The van der Waals surface area contributed by atoms with E-state index in [9.17, 15) is 14.7 Å². The molecule has 1 N–H and O–H groups in total. The lowest BCUT2D eigenvalue weighted by Gasteiger charge is -2.09. The summed E-state index contributed by atoms with van der Waals surface area (Å²) in [6.45, 7) is -0.918. The zero-order valence-electron chi connectivity index (χ0n) is 8.54. The number of benzene rings is 1. The molecule has 1 aromatic carbocycles. The molecule has 5 nitrogen and oxygen atoms in total. The third kappa shape index (κ3) is 4.93. The second-order valence-corrected chi connectivity index (χ2v) is 3.86. The van der Waals surface area contributed by atoms with Gasteiger partial charge in [-0.05, 0) is 12.1 Å². The summed E-state index contributed by atoms with van der Waals surface area (Å²) in [6, 6.07) is 4.56. The summed E-state index contributed by atoms with van der Waals surface area (Å²) in [5.41, 5.74) is 0. The molecule has 1 amide bonds. The molecule has 0 heterocycles. The third-order valence-corrected chi connectivity index (χ3v) is 2.23. The zero-order chi connectivity index (χ0) is 12.8. The summed E-state index contributed by atoms with van der Waals surface area (Å²) in [4.78, 5) is 21.2. The third-order valence-electron chi connectivity index (χ3n) is 1.68. The van der Waals surface area contributed by atoms with E-state index in [0.29, 0.717) is 10.0 Å². The molecule has 0 spiro atoms. The monoisotopic (exact) mass is 276 g/mol. The molecule has 0 aliphatic carbocycles. The number of carboxylic acids is 1. The summed E-state index contributed by atoms with van der Waals surface area (Å²) in [7, 11) is 0. The van der Waals surface area contributed by atoms with Gasteiger partial charge in [0.25, 0.3) is 5.91 Å². The van der Waals surface area contributed by atoms with Gasteiger partial charge in [-0.15, -0.1) is 0 Å². The van der Waals surface area contributed by atoms with Gasteiger partial charge in [0, 0.05) is 11.1 Å². The molecule has 7 heteroatoms. The van der Waals surface area contributed by atoms with Gasteiger partial charge in [-0.3, -0.25) is 4.79 Å². The smallest absolute Gasteiger partial charge is 0.258 e. The van der Waals surface area contributed by atoms with Crippen molar-refractivity contribution in [2.45, 2.75) is 0 Å². The van der Waals surface area contributed by atoms with Gasteiger partial charge in [-0.1, -0.05) is 23.2 Å². The molecule has 0 atom stereocenters. The average Bonchev–Trinajstić information content (AvgIpc) is 2.27. The van der Waals surface area contributed by atoms with E-state index in [-0.39, 0.29) is 12.4 Å². The molecule has 0 aliphatic rings. The maximum absolute atomic E-state index is 11.1. The van der Waals surface area contributed by atoms with Crippen LogP contribution < -0.4 is 15.2 Å². The van der Waals surface area contributed by atoms with E-state index >= 15 is 0 Å². The van der Waals surface area contributed by atoms with Crippen LogP contribution in [0, 0.1) is 0 Å². The normalized spacial score (nSPS) is 9.76. The highest BCUT2D eigenvalue weighted by atomic mass is 35.5. The number of hydrogen-bond acceptors (Lipinski definition) is 4. The number of halogens is 2. The van der Waals surface area contributed by atoms with Gasteiger partial charge in [-0.2, -0.15) is 0 Å². The largest absolute Gasteiger partial charge is 0.548 e. The number of ether oxygens (including phenoxy) is 1. The van der Waals surface area contributed by atoms with Crippen molar-refractivity contribution in [1.82, 2.24) is 5.32 Å². The summed E-state index contributed by atoms with van der Waals surface area (Å²) >= 11 is 11.5. The molecule has 1 aromatic rings. The van der Waals surface area contributed by atoms with Crippen molar-refractivity contribution in [2.24, 2.45) is 0 Å². The second kappa shape index (κ2) is 6.32. The molecule has 92 valence electrons. The predicted octanol–water partition coefficient (Wildman–Crippen LogP) is 0.238. The minimum Gasteiger partial charge on any atom is -0.548 e.